The van der Waals surface area contributed by atoms with E-state index in [-0.39, 0.29) is 21.4 Å². The van der Waals surface area contributed by atoms with E-state index in [0.717, 1.165) is 31.6 Å². The highest BCUT2D eigenvalue weighted by molar-refractivity contribution is 7.89. The maximum atomic E-state index is 13.5. The molecule has 1 fully saturated rings. The van der Waals surface area contributed by atoms with Crippen molar-refractivity contribution in [3.05, 3.63) is 29.6 Å². The second-order valence-corrected chi connectivity index (χ2v) is 7.15. The third-order valence-corrected chi connectivity index (χ3v) is 4.97. The van der Waals surface area contributed by atoms with Crippen LogP contribution in [-0.4, -0.2) is 33.2 Å². The Labute approximate surface area is 128 Å². The Hall–Kier alpha value is -1.09. The zero-order chi connectivity index (χ0) is 15.5. The van der Waals surface area contributed by atoms with E-state index in [9.17, 15) is 12.8 Å². The summed E-state index contributed by atoms with van der Waals surface area (Å²) >= 11 is 4.71. The molecule has 0 spiro atoms. The van der Waals surface area contributed by atoms with Crippen molar-refractivity contribution in [1.82, 2.24) is 4.72 Å². The van der Waals surface area contributed by atoms with Crippen molar-refractivity contribution in [2.45, 2.75) is 17.7 Å². The van der Waals surface area contributed by atoms with Crippen LogP contribution in [0.3, 0.4) is 0 Å². The van der Waals surface area contributed by atoms with Gasteiger partial charge in [0.05, 0.1) is 11.5 Å². The molecule has 1 aliphatic heterocycles. The summed E-state index contributed by atoms with van der Waals surface area (Å²) in [5.41, 5.74) is 5.30. The molecular formula is C13H17FN2O3S2. The number of hydrogen-bond acceptors (Lipinski definition) is 4. The van der Waals surface area contributed by atoms with Crippen LogP contribution in [-0.2, 0) is 14.8 Å². The first-order valence-electron chi connectivity index (χ1n) is 6.57. The van der Waals surface area contributed by atoms with Gasteiger partial charge in [-0.3, -0.25) is 0 Å². The quantitative estimate of drug-likeness (QED) is 0.791. The molecule has 1 aromatic rings. The molecule has 0 aliphatic carbocycles. The van der Waals surface area contributed by atoms with E-state index >= 15 is 0 Å². The molecule has 1 atom stereocenters. The van der Waals surface area contributed by atoms with Crippen molar-refractivity contribution >= 4 is 27.2 Å². The molecule has 1 saturated heterocycles. The Morgan fingerprint density at radius 3 is 2.90 bits per heavy atom. The predicted molar refractivity (Wildman–Crippen MR) is 81.0 cm³/mol. The lowest BCUT2D eigenvalue weighted by Gasteiger charge is -2.22. The second-order valence-electron chi connectivity index (χ2n) is 4.94. The molecule has 1 aromatic carbocycles. The number of benzene rings is 1. The maximum absolute atomic E-state index is 13.5. The average Bonchev–Trinajstić information content (AvgIpc) is 2.46. The topological polar surface area (TPSA) is 81.4 Å². The summed E-state index contributed by atoms with van der Waals surface area (Å²) in [6, 6.07) is 3.39. The summed E-state index contributed by atoms with van der Waals surface area (Å²) < 4.78 is 45.7. The number of nitrogens with one attached hydrogen (secondary N) is 1. The summed E-state index contributed by atoms with van der Waals surface area (Å²) in [7, 11) is -3.72. The van der Waals surface area contributed by atoms with Crippen LogP contribution in [0.4, 0.5) is 4.39 Å². The van der Waals surface area contributed by atoms with Crippen molar-refractivity contribution in [2.75, 3.05) is 19.8 Å². The highest BCUT2D eigenvalue weighted by Gasteiger charge is 2.20. The van der Waals surface area contributed by atoms with Gasteiger partial charge in [0.25, 0.3) is 0 Å². The van der Waals surface area contributed by atoms with Crippen LogP contribution in [0.25, 0.3) is 0 Å². The van der Waals surface area contributed by atoms with Gasteiger partial charge in [-0.2, -0.15) is 0 Å². The average molecular weight is 332 g/mol. The molecule has 0 amide bonds. The standard InChI is InChI=1S/C13H17FN2O3S2/c14-12-4-3-10(6-11(12)13(15)20)21(17,18)16-7-9-2-1-5-19-8-9/h3-4,6,9,16H,1-2,5,7-8H2,(H2,15,20). The zero-order valence-corrected chi connectivity index (χ0v) is 13.0. The molecule has 0 aromatic heterocycles. The lowest BCUT2D eigenvalue weighted by Crippen LogP contribution is -2.33. The smallest absolute Gasteiger partial charge is 0.240 e. The molecule has 5 nitrogen and oxygen atoms in total. The number of hydrogen-bond donors (Lipinski definition) is 2. The Kier molecular flexibility index (Phi) is 5.26. The van der Waals surface area contributed by atoms with Crippen LogP contribution in [0.1, 0.15) is 18.4 Å². The molecule has 116 valence electrons. The first-order chi connectivity index (χ1) is 9.90. The minimum Gasteiger partial charge on any atom is -0.389 e. The van der Waals surface area contributed by atoms with Gasteiger partial charge < -0.3 is 10.5 Å². The van der Waals surface area contributed by atoms with Crippen molar-refractivity contribution in [3.8, 4) is 0 Å². The van der Waals surface area contributed by atoms with Crippen LogP contribution >= 0.6 is 12.2 Å². The van der Waals surface area contributed by atoms with Gasteiger partial charge in [0.15, 0.2) is 0 Å². The van der Waals surface area contributed by atoms with Crippen LogP contribution < -0.4 is 10.5 Å². The molecule has 1 unspecified atom stereocenters. The summed E-state index contributed by atoms with van der Waals surface area (Å²) in [5.74, 6) is -0.480. The van der Waals surface area contributed by atoms with E-state index in [1.807, 2.05) is 0 Å². The molecular weight excluding hydrogens is 315 g/mol. The highest BCUT2D eigenvalue weighted by atomic mass is 32.2. The van der Waals surface area contributed by atoms with Crippen molar-refractivity contribution in [2.24, 2.45) is 11.7 Å². The lowest BCUT2D eigenvalue weighted by atomic mass is 10.0. The molecule has 2 rings (SSSR count). The molecule has 1 heterocycles. The third kappa shape index (κ3) is 4.19. The number of sulfonamides is 1. The zero-order valence-electron chi connectivity index (χ0n) is 11.3. The Morgan fingerprint density at radius 1 is 1.52 bits per heavy atom. The SMILES string of the molecule is NC(=S)c1cc(S(=O)(=O)NCC2CCCOC2)ccc1F. The minimum absolute atomic E-state index is 0.0524. The van der Waals surface area contributed by atoms with Gasteiger partial charge in [0, 0.05) is 18.7 Å². The number of nitrogens with two attached hydrogens (primary N) is 1. The molecule has 1 aliphatic rings. The largest absolute Gasteiger partial charge is 0.389 e. The Balaban J connectivity index is 2.11. The van der Waals surface area contributed by atoms with Crippen molar-refractivity contribution < 1.29 is 17.5 Å². The summed E-state index contributed by atoms with van der Waals surface area (Å²) in [6.45, 7) is 1.56. The summed E-state index contributed by atoms with van der Waals surface area (Å²) in [6.07, 6.45) is 1.85. The van der Waals surface area contributed by atoms with Gasteiger partial charge in [0.1, 0.15) is 10.8 Å². The maximum Gasteiger partial charge on any atom is 0.240 e. The van der Waals surface area contributed by atoms with Gasteiger partial charge in [-0.1, -0.05) is 12.2 Å². The first-order valence-corrected chi connectivity index (χ1v) is 8.46. The monoisotopic (exact) mass is 332 g/mol. The van der Waals surface area contributed by atoms with Crippen LogP contribution in [0.2, 0.25) is 0 Å². The van der Waals surface area contributed by atoms with Gasteiger partial charge in [-0.05, 0) is 37.0 Å². The molecule has 0 radical (unpaired) electrons. The Morgan fingerprint density at radius 2 is 2.29 bits per heavy atom. The molecule has 3 N–H and O–H groups in total. The van der Waals surface area contributed by atoms with Crippen LogP contribution in [0, 0.1) is 11.7 Å². The van der Waals surface area contributed by atoms with E-state index in [2.05, 4.69) is 4.72 Å². The number of ether oxygens (including phenoxy) is 1. The minimum atomic E-state index is -3.72. The lowest BCUT2D eigenvalue weighted by molar-refractivity contribution is 0.0568. The molecule has 0 bridgehead atoms. The van der Waals surface area contributed by atoms with Gasteiger partial charge in [-0.25, -0.2) is 17.5 Å². The molecule has 21 heavy (non-hydrogen) atoms. The van der Waals surface area contributed by atoms with Crippen LogP contribution in [0.5, 0.6) is 0 Å². The third-order valence-electron chi connectivity index (χ3n) is 3.33. The fraction of sp³-hybridized carbons (Fsp3) is 0.462. The molecule has 8 heteroatoms. The number of halogens is 1. The normalized spacial score (nSPS) is 19.4. The van der Waals surface area contributed by atoms with E-state index in [1.165, 1.54) is 6.07 Å². The van der Waals surface area contributed by atoms with E-state index < -0.39 is 15.8 Å². The predicted octanol–water partition coefficient (Wildman–Crippen LogP) is 1.16. The molecule has 0 saturated carbocycles. The van der Waals surface area contributed by atoms with Crippen molar-refractivity contribution in [3.63, 3.8) is 0 Å². The fourth-order valence-corrected chi connectivity index (χ4v) is 3.44. The summed E-state index contributed by atoms with van der Waals surface area (Å²) in [5, 5.41) is 0. The van der Waals surface area contributed by atoms with Crippen LogP contribution in [0.15, 0.2) is 23.1 Å². The van der Waals surface area contributed by atoms with E-state index in [0.29, 0.717) is 13.2 Å². The number of thiocarbonyl (C=S) groups is 1. The van der Waals surface area contributed by atoms with E-state index in [4.69, 9.17) is 22.7 Å². The van der Waals surface area contributed by atoms with E-state index in [1.54, 1.807) is 0 Å². The number of rotatable bonds is 5. The van der Waals surface area contributed by atoms with Gasteiger partial charge in [-0.15, -0.1) is 0 Å². The van der Waals surface area contributed by atoms with Gasteiger partial charge >= 0.3 is 0 Å². The highest BCUT2D eigenvalue weighted by Crippen LogP contribution is 2.17. The Bertz CT molecular complexity index is 628. The second kappa shape index (κ2) is 6.78. The van der Waals surface area contributed by atoms with Crippen molar-refractivity contribution in [1.29, 1.82) is 0 Å². The van der Waals surface area contributed by atoms with Gasteiger partial charge in [0.2, 0.25) is 10.0 Å². The first kappa shape index (κ1) is 16.3. The summed E-state index contributed by atoms with van der Waals surface area (Å²) in [4.78, 5) is -0.228. The fourth-order valence-electron chi connectivity index (χ4n) is 2.14.